The minimum atomic E-state index is -1.66. The molecule has 59 heavy (non-hydrogen) atoms. The number of carbonyl (C=O) groups excluding carboxylic acids is 5. The Morgan fingerprint density at radius 2 is 0.949 bits per heavy atom. The number of hydrogen-bond donors (Lipinski definition) is 0. The molecule has 0 radical (unpaired) electrons. The zero-order valence-corrected chi connectivity index (χ0v) is 32.2. The largest absolute Gasteiger partial charge is 0.453 e. The predicted molar refractivity (Wildman–Crippen MR) is 202 cm³/mol. The second kappa shape index (κ2) is 18.7. The van der Waals surface area contributed by atoms with Gasteiger partial charge in [-0.2, -0.15) is 0 Å². The summed E-state index contributed by atoms with van der Waals surface area (Å²) in [6.07, 6.45) is -14.7. The van der Waals surface area contributed by atoms with Crippen molar-refractivity contribution in [1.82, 2.24) is 0 Å². The van der Waals surface area contributed by atoms with Crippen LogP contribution in [0.3, 0.4) is 0 Å². The van der Waals surface area contributed by atoms with E-state index >= 15 is 0 Å². The normalized spacial score (nSPS) is 28.8. The third kappa shape index (κ3) is 9.84. The fourth-order valence-electron chi connectivity index (χ4n) is 7.01. The van der Waals surface area contributed by atoms with Gasteiger partial charge in [0.15, 0.2) is 37.0 Å². The Bertz CT molecular complexity index is 2070. The number of rotatable bonds is 11. The van der Waals surface area contributed by atoms with Gasteiger partial charge in [-0.15, -0.1) is 0 Å². The molecule has 0 amide bonds. The van der Waals surface area contributed by atoms with Crippen LogP contribution in [0.4, 0.5) is 0 Å². The van der Waals surface area contributed by atoms with E-state index in [2.05, 4.69) is 0 Å². The monoisotopic (exact) mass is 810 g/mol. The smallest absolute Gasteiger partial charge is 0.338 e. The van der Waals surface area contributed by atoms with Crippen LogP contribution in [-0.2, 0) is 57.0 Å². The minimum absolute atomic E-state index is 0.0716. The van der Waals surface area contributed by atoms with Gasteiger partial charge in [0.1, 0.15) is 18.3 Å². The first kappa shape index (κ1) is 41.2. The first-order valence-electron chi connectivity index (χ1n) is 19.0. The molecule has 3 heterocycles. The molecular weight excluding hydrogens is 768 g/mol. The van der Waals surface area contributed by atoms with Crippen LogP contribution >= 0.6 is 0 Å². The van der Waals surface area contributed by atoms with Gasteiger partial charge >= 0.3 is 29.8 Å². The van der Waals surface area contributed by atoms with Crippen LogP contribution in [0.25, 0.3) is 0 Å². The summed E-state index contributed by atoms with van der Waals surface area (Å²) in [6.45, 7) is 3.80. The third-order valence-electron chi connectivity index (χ3n) is 9.72. The van der Waals surface area contributed by atoms with Crippen LogP contribution in [0.2, 0.25) is 0 Å². The Hall–Kier alpha value is -5.97. The van der Waals surface area contributed by atoms with Crippen LogP contribution in [0.5, 0.6) is 0 Å². The molecule has 0 aromatic heterocycles. The van der Waals surface area contributed by atoms with Crippen LogP contribution in [-0.4, -0.2) is 97.9 Å². The van der Waals surface area contributed by atoms with Gasteiger partial charge < -0.3 is 47.4 Å². The molecule has 0 aliphatic carbocycles. The molecule has 4 aromatic rings. The number of benzene rings is 4. The quantitative estimate of drug-likeness (QED) is 0.144. The molecule has 11 atom stereocenters. The molecule has 0 saturated carbocycles. The summed E-state index contributed by atoms with van der Waals surface area (Å²) in [6, 6.07) is 33.2. The number of esters is 5. The lowest BCUT2D eigenvalue weighted by Gasteiger charge is -2.50. The summed E-state index contributed by atoms with van der Waals surface area (Å²) in [5, 5.41) is 0. The van der Waals surface area contributed by atoms with Crippen molar-refractivity contribution in [1.29, 1.82) is 0 Å². The molecular formula is C44H42O15. The Morgan fingerprint density at radius 1 is 0.492 bits per heavy atom. The highest BCUT2D eigenvalue weighted by Gasteiger charge is 2.58. The summed E-state index contributed by atoms with van der Waals surface area (Å²) in [5.41, 5.74) is 1.14. The minimum Gasteiger partial charge on any atom is -0.453 e. The van der Waals surface area contributed by atoms with Crippen LogP contribution in [0, 0.1) is 0 Å². The van der Waals surface area contributed by atoms with Crippen molar-refractivity contribution in [3.63, 3.8) is 0 Å². The maximum Gasteiger partial charge on any atom is 0.338 e. The average Bonchev–Trinajstić information content (AvgIpc) is 3.25. The maximum atomic E-state index is 13.9. The second-order valence-electron chi connectivity index (χ2n) is 13.9. The van der Waals surface area contributed by atoms with E-state index in [-0.39, 0.29) is 23.3 Å². The summed E-state index contributed by atoms with van der Waals surface area (Å²) >= 11 is 0. The van der Waals surface area contributed by atoms with Gasteiger partial charge in [-0.1, -0.05) is 84.9 Å². The van der Waals surface area contributed by atoms with Gasteiger partial charge in [0.05, 0.1) is 29.4 Å². The lowest BCUT2D eigenvalue weighted by Crippen LogP contribution is -2.67. The van der Waals surface area contributed by atoms with Gasteiger partial charge in [-0.25, -0.2) is 14.4 Å². The van der Waals surface area contributed by atoms with E-state index in [1.165, 1.54) is 24.3 Å². The Kier molecular flexibility index (Phi) is 13.1. The fourth-order valence-corrected chi connectivity index (χ4v) is 7.01. The van der Waals surface area contributed by atoms with Crippen molar-refractivity contribution in [2.24, 2.45) is 0 Å². The SMILES string of the molecule is CC(=O)OC1O[C@@H]2CO[C@@H](c3ccccc3)O[C@H]2[C@H](O[C@@H]2O[C@@H](C)[C@H](OC(=O)c3ccccc3)[C@@H](OC(=O)c3ccccc3)[C@H]2OC(=O)c2ccccc2)[C@H]1OC(C)=O. The zero-order chi connectivity index (χ0) is 41.5. The molecule has 0 N–H and O–H groups in total. The first-order chi connectivity index (χ1) is 28.5. The highest BCUT2D eigenvalue weighted by Crippen LogP contribution is 2.40. The number of carbonyl (C=O) groups is 5. The number of ether oxygens (including phenoxy) is 10. The summed E-state index contributed by atoms with van der Waals surface area (Å²) in [4.78, 5) is 66.4. The molecule has 0 bridgehead atoms. The van der Waals surface area contributed by atoms with Crippen LogP contribution in [0.15, 0.2) is 121 Å². The standard InChI is InChI=1S/C44H42O15/c1-25-33(55-39(47)28-16-8-4-9-17-28)35(56-40(48)29-18-10-5-11-19-29)38(57-41(49)30-20-12-6-13-21-30)43(51-25)59-36-34-32(24-50-42(58-34)31-22-14-7-15-23-31)54-44(53-27(3)46)37(36)52-26(2)45/h4-23,25,32-38,42-44H,24H2,1-3H3/t25-,32+,33-,34+,35+,36-,37+,38+,42+,43-,44?/m0/s1. The fraction of sp³-hybridized carbons (Fsp3) is 0.341. The molecule has 3 saturated heterocycles. The molecule has 3 aliphatic rings. The zero-order valence-electron chi connectivity index (χ0n) is 32.2. The molecule has 15 nitrogen and oxygen atoms in total. The predicted octanol–water partition coefficient (Wildman–Crippen LogP) is 5.13. The number of fused-ring (bicyclic) bond motifs is 1. The second-order valence-corrected chi connectivity index (χ2v) is 13.9. The highest BCUT2D eigenvalue weighted by atomic mass is 16.8. The molecule has 308 valence electrons. The van der Waals surface area contributed by atoms with E-state index in [4.69, 9.17) is 47.4 Å². The van der Waals surface area contributed by atoms with E-state index in [1.807, 2.05) is 6.07 Å². The third-order valence-corrected chi connectivity index (χ3v) is 9.72. The maximum absolute atomic E-state index is 13.9. The Labute approximate surface area is 339 Å². The summed E-state index contributed by atoms with van der Waals surface area (Å²) in [7, 11) is 0. The topological polar surface area (TPSA) is 178 Å². The van der Waals surface area contributed by atoms with Crippen molar-refractivity contribution in [3.05, 3.63) is 144 Å². The van der Waals surface area contributed by atoms with Gasteiger partial charge in [-0.05, 0) is 43.3 Å². The molecule has 4 aromatic carbocycles. The van der Waals surface area contributed by atoms with Crippen molar-refractivity contribution in [2.45, 2.75) is 88.5 Å². The molecule has 0 spiro atoms. The Balaban J connectivity index is 1.30. The van der Waals surface area contributed by atoms with E-state index in [9.17, 15) is 24.0 Å². The van der Waals surface area contributed by atoms with E-state index < -0.39 is 97.5 Å². The molecule has 15 heteroatoms. The summed E-state index contributed by atoms with van der Waals surface area (Å²) in [5.74, 6) is -3.99. The highest BCUT2D eigenvalue weighted by molar-refractivity contribution is 5.91. The van der Waals surface area contributed by atoms with Crippen molar-refractivity contribution >= 4 is 29.8 Å². The van der Waals surface area contributed by atoms with Gasteiger partial charge in [-0.3, -0.25) is 9.59 Å². The van der Waals surface area contributed by atoms with Crippen molar-refractivity contribution < 1.29 is 71.3 Å². The van der Waals surface area contributed by atoms with Gasteiger partial charge in [0.2, 0.25) is 6.29 Å². The van der Waals surface area contributed by atoms with E-state index in [1.54, 1.807) is 97.9 Å². The van der Waals surface area contributed by atoms with Gasteiger partial charge in [0, 0.05) is 19.4 Å². The average molecular weight is 811 g/mol. The lowest BCUT2D eigenvalue weighted by atomic mass is 9.95. The first-order valence-corrected chi connectivity index (χ1v) is 19.0. The molecule has 1 unspecified atom stereocenters. The van der Waals surface area contributed by atoms with Crippen molar-refractivity contribution in [3.8, 4) is 0 Å². The van der Waals surface area contributed by atoms with Gasteiger partial charge in [0.25, 0.3) is 0 Å². The van der Waals surface area contributed by atoms with E-state index in [0.717, 1.165) is 13.8 Å². The number of hydrogen-bond acceptors (Lipinski definition) is 15. The lowest BCUT2D eigenvalue weighted by molar-refractivity contribution is -0.386. The van der Waals surface area contributed by atoms with E-state index in [0.29, 0.717) is 5.56 Å². The molecule has 3 aliphatic heterocycles. The summed E-state index contributed by atoms with van der Waals surface area (Å²) < 4.78 is 61.2. The van der Waals surface area contributed by atoms with Crippen molar-refractivity contribution in [2.75, 3.05) is 6.61 Å². The molecule has 3 fully saturated rings. The van der Waals surface area contributed by atoms with Crippen LogP contribution < -0.4 is 0 Å². The Morgan fingerprint density at radius 3 is 1.46 bits per heavy atom. The molecule has 7 rings (SSSR count). The van der Waals surface area contributed by atoms with Crippen LogP contribution in [0.1, 0.15) is 63.7 Å².